The third-order valence-corrected chi connectivity index (χ3v) is 4.42. The van der Waals surface area contributed by atoms with E-state index >= 15 is 0 Å². The highest BCUT2D eigenvalue weighted by Crippen LogP contribution is 2.38. The van der Waals surface area contributed by atoms with Gasteiger partial charge in [-0.15, -0.1) is 11.3 Å². The molecular weight excluding hydrogens is 286 g/mol. The summed E-state index contributed by atoms with van der Waals surface area (Å²) < 4.78 is 0. The van der Waals surface area contributed by atoms with E-state index < -0.39 is 4.92 Å². The summed E-state index contributed by atoms with van der Waals surface area (Å²) in [5.41, 5.74) is 0.815. The van der Waals surface area contributed by atoms with Gasteiger partial charge in [0.1, 0.15) is 16.8 Å². The summed E-state index contributed by atoms with van der Waals surface area (Å²) in [7, 11) is 0. The number of hydrogen-bond donors (Lipinski definition) is 1. The van der Waals surface area contributed by atoms with Crippen LogP contribution < -0.4 is 5.32 Å². The third-order valence-electron chi connectivity index (χ3n) is 2.94. The number of hydrogen-bond acceptors (Lipinski definition) is 5. The van der Waals surface area contributed by atoms with Crippen molar-refractivity contribution in [3.8, 4) is 6.07 Å². The third kappa shape index (κ3) is 3.20. The van der Waals surface area contributed by atoms with Crippen LogP contribution >= 0.6 is 11.3 Å². The summed E-state index contributed by atoms with van der Waals surface area (Å²) in [5, 5.41) is 23.9. The lowest BCUT2D eigenvalue weighted by atomic mass is 9.94. The van der Waals surface area contributed by atoms with Gasteiger partial charge in [0.15, 0.2) is 0 Å². The van der Waals surface area contributed by atoms with E-state index in [1.54, 1.807) is 18.2 Å². The van der Waals surface area contributed by atoms with Gasteiger partial charge < -0.3 is 5.32 Å². The second kappa shape index (κ2) is 5.54. The van der Waals surface area contributed by atoms with Crippen molar-refractivity contribution in [3.63, 3.8) is 0 Å². The molecule has 1 aromatic carbocycles. The topological polar surface area (TPSA) is 79.0 Å². The van der Waals surface area contributed by atoms with Gasteiger partial charge in [-0.1, -0.05) is 32.9 Å². The SMILES string of the molecule is CC(C)(C)c1cc(C#N)c(Nc2ccccc2[N+](=O)[O-])s1. The number of anilines is 2. The average molecular weight is 301 g/mol. The van der Waals surface area contributed by atoms with Crippen molar-refractivity contribution in [2.75, 3.05) is 5.32 Å². The molecule has 6 heteroatoms. The Morgan fingerprint density at radius 2 is 2.00 bits per heavy atom. The van der Waals surface area contributed by atoms with Gasteiger partial charge in [-0.25, -0.2) is 0 Å². The fourth-order valence-electron chi connectivity index (χ4n) is 1.80. The Balaban J connectivity index is 2.43. The molecule has 21 heavy (non-hydrogen) atoms. The minimum atomic E-state index is -0.438. The second-order valence-corrected chi connectivity index (χ2v) is 6.67. The smallest absolute Gasteiger partial charge is 0.292 e. The van der Waals surface area contributed by atoms with Gasteiger partial charge in [0, 0.05) is 10.9 Å². The van der Waals surface area contributed by atoms with Crippen molar-refractivity contribution < 1.29 is 4.92 Å². The predicted octanol–water partition coefficient (Wildman–Crippen LogP) is 4.57. The number of nitro benzene ring substituents is 1. The molecule has 0 bridgehead atoms. The van der Waals surface area contributed by atoms with Crippen LogP contribution in [0.1, 0.15) is 31.2 Å². The summed E-state index contributed by atoms with van der Waals surface area (Å²) in [6.45, 7) is 6.19. The van der Waals surface area contributed by atoms with E-state index in [9.17, 15) is 15.4 Å². The maximum Gasteiger partial charge on any atom is 0.292 e. The molecule has 0 atom stereocenters. The molecule has 1 N–H and O–H groups in total. The summed E-state index contributed by atoms with van der Waals surface area (Å²) in [5.74, 6) is 0. The summed E-state index contributed by atoms with van der Waals surface area (Å²) in [6.07, 6.45) is 0. The minimum Gasteiger partial charge on any atom is -0.341 e. The first-order chi connectivity index (χ1) is 9.82. The molecule has 0 fully saturated rings. The normalized spacial score (nSPS) is 11.0. The first-order valence-corrected chi connectivity index (χ1v) is 7.19. The van der Waals surface area contributed by atoms with Crippen LogP contribution in [0, 0.1) is 21.4 Å². The van der Waals surface area contributed by atoms with Crippen LogP contribution in [0.3, 0.4) is 0 Å². The molecule has 0 unspecified atom stereocenters. The van der Waals surface area contributed by atoms with Crippen LogP contribution in [0.2, 0.25) is 0 Å². The molecule has 108 valence electrons. The van der Waals surface area contributed by atoms with Crippen molar-refractivity contribution in [2.24, 2.45) is 0 Å². The lowest BCUT2D eigenvalue weighted by molar-refractivity contribution is -0.383. The number of nitro groups is 1. The van der Waals surface area contributed by atoms with Gasteiger partial charge >= 0.3 is 0 Å². The highest BCUT2D eigenvalue weighted by Gasteiger charge is 2.21. The van der Waals surface area contributed by atoms with Gasteiger partial charge in [0.25, 0.3) is 5.69 Å². The number of nitrogens with one attached hydrogen (secondary N) is 1. The van der Waals surface area contributed by atoms with Crippen LogP contribution in [0.5, 0.6) is 0 Å². The predicted molar refractivity (Wildman–Crippen MR) is 84.1 cm³/mol. The number of benzene rings is 1. The number of nitrogens with zero attached hydrogens (tertiary/aromatic N) is 2. The fourth-order valence-corrected chi connectivity index (χ4v) is 2.88. The van der Waals surface area contributed by atoms with E-state index in [4.69, 9.17) is 0 Å². The van der Waals surface area contributed by atoms with Crippen LogP contribution in [0.4, 0.5) is 16.4 Å². The molecule has 0 aliphatic rings. The zero-order valence-electron chi connectivity index (χ0n) is 12.0. The van der Waals surface area contributed by atoms with Crippen molar-refractivity contribution in [1.82, 2.24) is 0 Å². The Kier molecular flexibility index (Phi) is 3.96. The van der Waals surface area contributed by atoms with E-state index in [0.29, 0.717) is 16.3 Å². The first kappa shape index (κ1) is 15.0. The van der Waals surface area contributed by atoms with Crippen LogP contribution in [-0.4, -0.2) is 4.92 Å². The highest BCUT2D eigenvalue weighted by atomic mass is 32.1. The molecule has 1 heterocycles. The highest BCUT2D eigenvalue weighted by molar-refractivity contribution is 7.16. The average Bonchev–Trinajstić information content (AvgIpc) is 2.82. The van der Waals surface area contributed by atoms with Gasteiger partial charge in [0.2, 0.25) is 0 Å². The van der Waals surface area contributed by atoms with Crippen molar-refractivity contribution >= 4 is 27.7 Å². The molecule has 5 nitrogen and oxygen atoms in total. The van der Waals surface area contributed by atoms with Gasteiger partial charge in [-0.2, -0.15) is 5.26 Å². The van der Waals surface area contributed by atoms with Crippen LogP contribution in [-0.2, 0) is 5.41 Å². The molecule has 0 aliphatic carbocycles. The standard InChI is InChI=1S/C15H15N3O2S/c1-15(2,3)13-8-10(9-16)14(21-13)17-11-6-4-5-7-12(11)18(19)20/h4-8,17H,1-3H3. The van der Waals surface area contributed by atoms with E-state index in [1.807, 2.05) is 6.07 Å². The zero-order chi connectivity index (χ0) is 15.6. The monoisotopic (exact) mass is 301 g/mol. The molecule has 0 saturated heterocycles. The summed E-state index contributed by atoms with van der Waals surface area (Å²) >= 11 is 1.45. The van der Waals surface area contributed by atoms with E-state index in [-0.39, 0.29) is 11.1 Å². The van der Waals surface area contributed by atoms with E-state index in [1.165, 1.54) is 17.4 Å². The van der Waals surface area contributed by atoms with Gasteiger partial charge in [0.05, 0.1) is 10.5 Å². The van der Waals surface area contributed by atoms with Crippen LogP contribution in [0.15, 0.2) is 30.3 Å². The molecular formula is C15H15N3O2S. The Hall–Kier alpha value is -2.39. The van der Waals surface area contributed by atoms with E-state index in [0.717, 1.165) is 4.88 Å². The molecule has 0 spiro atoms. The number of para-hydroxylation sites is 2. The Morgan fingerprint density at radius 3 is 2.57 bits per heavy atom. The van der Waals surface area contributed by atoms with Crippen molar-refractivity contribution in [2.45, 2.75) is 26.2 Å². The maximum absolute atomic E-state index is 11.0. The van der Waals surface area contributed by atoms with Crippen molar-refractivity contribution in [3.05, 3.63) is 50.9 Å². The number of nitriles is 1. The lowest BCUT2D eigenvalue weighted by Gasteiger charge is -2.15. The number of rotatable bonds is 3. The van der Waals surface area contributed by atoms with E-state index in [2.05, 4.69) is 32.2 Å². The first-order valence-electron chi connectivity index (χ1n) is 6.38. The zero-order valence-corrected chi connectivity index (χ0v) is 12.8. The largest absolute Gasteiger partial charge is 0.341 e. The van der Waals surface area contributed by atoms with Crippen molar-refractivity contribution in [1.29, 1.82) is 5.26 Å². The lowest BCUT2D eigenvalue weighted by Crippen LogP contribution is -2.07. The molecule has 0 amide bonds. The molecule has 0 radical (unpaired) electrons. The molecule has 2 aromatic rings. The quantitative estimate of drug-likeness (QED) is 0.665. The molecule has 0 saturated carbocycles. The summed E-state index contributed by atoms with van der Waals surface area (Å²) in [6, 6.07) is 10.4. The maximum atomic E-state index is 11.0. The minimum absolute atomic E-state index is 0.00732. The summed E-state index contributed by atoms with van der Waals surface area (Å²) in [4.78, 5) is 11.7. The molecule has 2 rings (SSSR count). The van der Waals surface area contributed by atoms with Gasteiger partial charge in [-0.05, 0) is 17.5 Å². The molecule has 1 aromatic heterocycles. The Labute approximate surface area is 127 Å². The Morgan fingerprint density at radius 1 is 1.33 bits per heavy atom. The Bertz CT molecular complexity index is 723. The van der Waals surface area contributed by atoms with Gasteiger partial charge in [-0.3, -0.25) is 10.1 Å². The molecule has 0 aliphatic heterocycles. The second-order valence-electron chi connectivity index (χ2n) is 5.61. The number of thiophene rings is 1. The fraction of sp³-hybridized carbons (Fsp3) is 0.267. The van der Waals surface area contributed by atoms with Crippen LogP contribution in [0.25, 0.3) is 0 Å².